The summed E-state index contributed by atoms with van der Waals surface area (Å²) in [5.74, 6) is 0.932. The molecule has 0 spiro atoms. The van der Waals surface area contributed by atoms with E-state index in [2.05, 4.69) is 56.9 Å². The number of benzene rings is 1. The zero-order chi connectivity index (χ0) is 14.7. The highest BCUT2D eigenvalue weighted by molar-refractivity contribution is 9.10. The van der Waals surface area contributed by atoms with E-state index in [9.17, 15) is 0 Å². The monoisotopic (exact) mass is 350 g/mol. The van der Waals surface area contributed by atoms with Gasteiger partial charge in [-0.2, -0.15) is 0 Å². The van der Waals surface area contributed by atoms with E-state index in [-0.39, 0.29) is 0 Å². The van der Waals surface area contributed by atoms with Crippen LogP contribution in [0.2, 0.25) is 0 Å². The smallest absolute Gasteiger partial charge is 0.0246 e. The maximum atomic E-state index is 3.67. The number of piperazine rings is 1. The number of halogens is 1. The summed E-state index contributed by atoms with van der Waals surface area (Å²) in [5, 5.41) is 0. The Hall–Kier alpha value is -0.380. The molecular weight excluding hydrogens is 324 g/mol. The average Bonchev–Trinajstić information content (AvgIpc) is 2.50. The largest absolute Gasteiger partial charge is 0.298 e. The summed E-state index contributed by atoms with van der Waals surface area (Å²) in [6.45, 7) is 8.44. The van der Waals surface area contributed by atoms with Crippen molar-refractivity contribution in [3.05, 3.63) is 34.3 Å². The van der Waals surface area contributed by atoms with E-state index in [0.29, 0.717) is 0 Å². The Kier molecular flexibility index (Phi) is 5.36. The van der Waals surface area contributed by atoms with Crippen molar-refractivity contribution in [1.29, 1.82) is 0 Å². The third-order valence-corrected chi connectivity index (χ3v) is 5.96. The van der Waals surface area contributed by atoms with E-state index in [1.165, 1.54) is 61.9 Å². The number of hydrogen-bond acceptors (Lipinski definition) is 2. The van der Waals surface area contributed by atoms with Gasteiger partial charge in [0.15, 0.2) is 0 Å². The Morgan fingerprint density at radius 3 is 2.57 bits per heavy atom. The van der Waals surface area contributed by atoms with Crippen LogP contribution in [0.4, 0.5) is 0 Å². The summed E-state index contributed by atoms with van der Waals surface area (Å²) < 4.78 is 1.24. The molecule has 1 aliphatic heterocycles. The number of hydrogen-bond donors (Lipinski definition) is 0. The first-order valence-electron chi connectivity index (χ1n) is 8.42. The first-order valence-corrected chi connectivity index (χ1v) is 9.21. The van der Waals surface area contributed by atoms with Crippen LogP contribution in [0.1, 0.15) is 38.2 Å². The van der Waals surface area contributed by atoms with E-state index in [4.69, 9.17) is 0 Å². The first kappa shape index (κ1) is 15.5. The van der Waals surface area contributed by atoms with Crippen LogP contribution in [-0.4, -0.2) is 42.0 Å². The third-order valence-electron chi connectivity index (χ3n) is 5.18. The molecule has 1 aliphatic carbocycles. The van der Waals surface area contributed by atoms with Crippen molar-refractivity contribution in [1.82, 2.24) is 9.80 Å². The Morgan fingerprint density at radius 2 is 1.86 bits per heavy atom. The lowest BCUT2D eigenvalue weighted by Gasteiger charge is -2.42. The van der Waals surface area contributed by atoms with Gasteiger partial charge in [0.25, 0.3) is 0 Å². The SMILES string of the molecule is CC1CCCC(N2CCN(Cc3ccccc3Br)CC2)C1. The molecule has 2 atom stereocenters. The van der Waals surface area contributed by atoms with Gasteiger partial charge >= 0.3 is 0 Å². The molecule has 1 saturated carbocycles. The van der Waals surface area contributed by atoms with Crippen molar-refractivity contribution in [3.8, 4) is 0 Å². The van der Waals surface area contributed by atoms with Gasteiger partial charge in [-0.25, -0.2) is 0 Å². The zero-order valence-corrected chi connectivity index (χ0v) is 14.7. The summed E-state index contributed by atoms with van der Waals surface area (Å²) in [6, 6.07) is 9.48. The maximum Gasteiger partial charge on any atom is 0.0246 e. The Morgan fingerprint density at radius 1 is 1.10 bits per heavy atom. The van der Waals surface area contributed by atoms with Crippen LogP contribution in [0.25, 0.3) is 0 Å². The van der Waals surface area contributed by atoms with Gasteiger partial charge in [-0.15, -0.1) is 0 Å². The summed E-state index contributed by atoms with van der Waals surface area (Å²) >= 11 is 3.67. The molecule has 2 unspecified atom stereocenters. The molecule has 1 saturated heterocycles. The van der Waals surface area contributed by atoms with E-state index in [0.717, 1.165) is 18.5 Å². The van der Waals surface area contributed by atoms with Gasteiger partial charge in [-0.05, 0) is 30.4 Å². The van der Waals surface area contributed by atoms with Crippen LogP contribution in [0, 0.1) is 5.92 Å². The molecule has 1 heterocycles. The fourth-order valence-electron chi connectivity index (χ4n) is 3.89. The summed E-state index contributed by atoms with van der Waals surface area (Å²) in [4.78, 5) is 5.36. The van der Waals surface area contributed by atoms with Gasteiger partial charge in [0.2, 0.25) is 0 Å². The van der Waals surface area contributed by atoms with E-state index in [1.54, 1.807) is 0 Å². The molecule has 1 aromatic carbocycles. The van der Waals surface area contributed by atoms with Crippen molar-refractivity contribution in [2.75, 3.05) is 26.2 Å². The van der Waals surface area contributed by atoms with Crippen LogP contribution in [-0.2, 0) is 6.54 Å². The quantitative estimate of drug-likeness (QED) is 0.807. The minimum Gasteiger partial charge on any atom is -0.298 e. The first-order chi connectivity index (χ1) is 10.2. The van der Waals surface area contributed by atoms with Gasteiger partial charge in [0.1, 0.15) is 0 Å². The van der Waals surface area contributed by atoms with Crippen LogP contribution in [0.3, 0.4) is 0 Å². The Labute approximate surface area is 137 Å². The highest BCUT2D eigenvalue weighted by Gasteiger charge is 2.27. The van der Waals surface area contributed by atoms with E-state index < -0.39 is 0 Å². The normalized spacial score (nSPS) is 28.7. The number of nitrogens with zero attached hydrogens (tertiary/aromatic N) is 2. The second-order valence-electron chi connectivity index (χ2n) is 6.83. The minimum atomic E-state index is 0.861. The van der Waals surface area contributed by atoms with Gasteiger partial charge in [-0.3, -0.25) is 9.80 Å². The standard InChI is InChI=1S/C18H27BrN2/c1-15-5-4-7-17(13-15)21-11-9-20(10-12-21)14-16-6-2-3-8-18(16)19/h2-3,6,8,15,17H,4-5,7,9-14H2,1H3. The molecule has 1 aromatic rings. The topological polar surface area (TPSA) is 6.48 Å². The predicted molar refractivity (Wildman–Crippen MR) is 92.4 cm³/mol. The van der Waals surface area contributed by atoms with Crippen LogP contribution in [0.15, 0.2) is 28.7 Å². The van der Waals surface area contributed by atoms with Crippen LogP contribution >= 0.6 is 15.9 Å². The minimum absolute atomic E-state index is 0.861. The lowest BCUT2D eigenvalue weighted by Crippen LogP contribution is -2.50. The molecular formula is C18H27BrN2. The van der Waals surface area contributed by atoms with Gasteiger partial charge in [0.05, 0.1) is 0 Å². The highest BCUT2D eigenvalue weighted by atomic mass is 79.9. The molecule has 21 heavy (non-hydrogen) atoms. The second-order valence-corrected chi connectivity index (χ2v) is 7.68. The molecule has 0 radical (unpaired) electrons. The predicted octanol–water partition coefficient (Wildman–Crippen LogP) is 4.15. The molecule has 3 rings (SSSR count). The molecule has 3 heteroatoms. The van der Waals surface area contributed by atoms with Crippen molar-refractivity contribution < 1.29 is 0 Å². The maximum absolute atomic E-state index is 3.67. The summed E-state index contributed by atoms with van der Waals surface area (Å²) in [6.07, 6.45) is 5.72. The Bertz CT molecular complexity index is 454. The molecule has 0 N–H and O–H groups in total. The number of rotatable bonds is 3. The molecule has 2 nitrogen and oxygen atoms in total. The van der Waals surface area contributed by atoms with Crippen molar-refractivity contribution in [2.24, 2.45) is 5.92 Å². The summed E-state index contributed by atoms with van der Waals surface area (Å²) in [5.41, 5.74) is 1.41. The zero-order valence-electron chi connectivity index (χ0n) is 13.1. The molecule has 0 aromatic heterocycles. The van der Waals surface area contributed by atoms with Crippen LogP contribution in [0.5, 0.6) is 0 Å². The lowest BCUT2D eigenvalue weighted by atomic mass is 9.86. The lowest BCUT2D eigenvalue weighted by molar-refractivity contribution is 0.0658. The Balaban J connectivity index is 1.50. The van der Waals surface area contributed by atoms with E-state index in [1.807, 2.05) is 0 Å². The molecule has 2 aliphatic rings. The fourth-order valence-corrected chi connectivity index (χ4v) is 4.30. The van der Waals surface area contributed by atoms with Crippen LogP contribution < -0.4 is 0 Å². The van der Waals surface area contributed by atoms with Crippen molar-refractivity contribution in [3.63, 3.8) is 0 Å². The second kappa shape index (κ2) is 7.26. The van der Waals surface area contributed by atoms with Gasteiger partial charge in [-0.1, -0.05) is 53.9 Å². The summed E-state index contributed by atoms with van der Waals surface area (Å²) in [7, 11) is 0. The van der Waals surface area contributed by atoms with Crippen molar-refractivity contribution >= 4 is 15.9 Å². The molecule has 116 valence electrons. The highest BCUT2D eigenvalue weighted by Crippen LogP contribution is 2.28. The van der Waals surface area contributed by atoms with E-state index >= 15 is 0 Å². The third kappa shape index (κ3) is 4.08. The molecule has 2 fully saturated rings. The fraction of sp³-hybridized carbons (Fsp3) is 0.667. The molecule has 0 amide bonds. The average molecular weight is 351 g/mol. The molecule has 0 bridgehead atoms. The van der Waals surface area contributed by atoms with Gasteiger partial charge in [0, 0.05) is 43.2 Å². The van der Waals surface area contributed by atoms with Crippen molar-refractivity contribution in [2.45, 2.75) is 45.2 Å². The van der Waals surface area contributed by atoms with Gasteiger partial charge < -0.3 is 0 Å².